The van der Waals surface area contributed by atoms with Crippen LogP contribution in [-0.2, 0) is 4.79 Å². The topological polar surface area (TPSA) is 62.5 Å². The fourth-order valence-electron chi connectivity index (χ4n) is 3.14. The number of aromatic nitrogens is 3. The molecule has 4 rings (SSSR count). The molecule has 2 aromatic carbocycles. The molecule has 0 radical (unpaired) electrons. The zero-order valence-corrected chi connectivity index (χ0v) is 15.8. The van der Waals surface area contributed by atoms with Gasteiger partial charge in [-0.3, -0.25) is 4.79 Å². The number of rotatable bonds is 5. The maximum atomic E-state index is 11.9. The van der Waals surface area contributed by atoms with E-state index < -0.39 is 0 Å². The maximum Gasteiger partial charge on any atom is 0.238 e. The van der Waals surface area contributed by atoms with Crippen LogP contribution in [0, 0.1) is 0 Å². The van der Waals surface area contributed by atoms with Gasteiger partial charge in [-0.05, 0) is 37.9 Å². The Balaban J connectivity index is 1.64. The number of nitrogens with zero attached hydrogens (tertiary/aromatic N) is 4. The average molecular weight is 371 g/mol. The fourth-order valence-corrected chi connectivity index (χ4v) is 3.14. The molecule has 0 aliphatic heterocycles. The fraction of sp³-hybridized carbons (Fsp3) is 0.136. The van der Waals surface area contributed by atoms with Gasteiger partial charge in [0.25, 0.3) is 0 Å². The smallest absolute Gasteiger partial charge is 0.238 e. The molecule has 1 N–H and O–H groups in total. The highest BCUT2D eigenvalue weighted by Crippen LogP contribution is 2.27. The monoisotopic (exact) mass is 371 g/mol. The van der Waals surface area contributed by atoms with Crippen molar-refractivity contribution >= 4 is 17.2 Å². The number of benzene rings is 2. The molecule has 2 aromatic heterocycles. The zero-order chi connectivity index (χ0) is 19.5. The molecule has 0 saturated carbocycles. The van der Waals surface area contributed by atoms with E-state index in [1.165, 1.54) is 0 Å². The van der Waals surface area contributed by atoms with Crippen LogP contribution in [0.4, 0.5) is 5.69 Å². The number of nitrogens with one attached hydrogen (secondary N) is 1. The van der Waals surface area contributed by atoms with Gasteiger partial charge in [-0.1, -0.05) is 42.5 Å². The van der Waals surface area contributed by atoms with Crippen LogP contribution in [0.2, 0.25) is 0 Å². The van der Waals surface area contributed by atoms with E-state index in [2.05, 4.69) is 27.5 Å². The highest BCUT2D eigenvalue weighted by molar-refractivity contribution is 5.92. The first kappa shape index (κ1) is 17.9. The maximum absolute atomic E-state index is 11.9. The molecule has 0 atom stereocenters. The molecule has 6 nitrogen and oxygen atoms in total. The summed E-state index contributed by atoms with van der Waals surface area (Å²) in [5.74, 6) is -0.0390. The van der Waals surface area contributed by atoms with E-state index in [1.807, 2.05) is 78.2 Å². The lowest BCUT2D eigenvalue weighted by Gasteiger charge is -2.10. The number of hydrogen-bond donors (Lipinski definition) is 1. The number of hydrogen-bond acceptors (Lipinski definition) is 4. The lowest BCUT2D eigenvalue weighted by atomic mass is 10.1. The Labute approximate surface area is 163 Å². The van der Waals surface area contributed by atoms with Crippen molar-refractivity contribution in [1.29, 1.82) is 0 Å². The minimum absolute atomic E-state index is 0.0390. The normalized spacial score (nSPS) is 11.1. The number of anilines is 1. The molecule has 0 aliphatic carbocycles. The first-order valence-electron chi connectivity index (χ1n) is 9.05. The molecular formula is C22H21N5O. The Morgan fingerprint density at radius 1 is 1.00 bits per heavy atom. The molecule has 0 aliphatic rings. The Bertz CT molecular complexity index is 1100. The minimum atomic E-state index is -0.0390. The molecule has 0 fully saturated rings. The molecule has 0 bridgehead atoms. The highest BCUT2D eigenvalue weighted by Gasteiger charge is 2.12. The zero-order valence-electron chi connectivity index (χ0n) is 15.8. The van der Waals surface area contributed by atoms with Crippen LogP contribution in [0.15, 0.2) is 73.1 Å². The van der Waals surface area contributed by atoms with E-state index >= 15 is 0 Å². The van der Waals surface area contributed by atoms with Gasteiger partial charge in [0, 0.05) is 23.0 Å². The van der Waals surface area contributed by atoms with Crippen LogP contribution in [0.1, 0.15) is 0 Å². The second-order valence-corrected chi connectivity index (χ2v) is 6.85. The number of fused-ring (bicyclic) bond motifs is 1. The number of amides is 1. The van der Waals surface area contributed by atoms with Gasteiger partial charge < -0.3 is 10.2 Å². The molecule has 1 amide bonds. The van der Waals surface area contributed by atoms with Crippen LogP contribution in [0.25, 0.3) is 28.0 Å². The summed E-state index contributed by atoms with van der Waals surface area (Å²) in [6.07, 6.45) is 3.63. The molecule has 140 valence electrons. The summed E-state index contributed by atoms with van der Waals surface area (Å²) in [6.45, 7) is 0.349. The molecule has 2 heterocycles. The van der Waals surface area contributed by atoms with Gasteiger partial charge in [-0.2, -0.15) is 5.10 Å². The third-order valence-corrected chi connectivity index (χ3v) is 4.41. The van der Waals surface area contributed by atoms with E-state index in [0.717, 1.165) is 33.7 Å². The molecule has 0 saturated heterocycles. The lowest BCUT2D eigenvalue weighted by Crippen LogP contribution is -2.26. The highest BCUT2D eigenvalue weighted by atomic mass is 16.2. The van der Waals surface area contributed by atoms with Gasteiger partial charge in [-0.15, -0.1) is 0 Å². The second-order valence-electron chi connectivity index (χ2n) is 6.85. The van der Waals surface area contributed by atoms with Crippen LogP contribution in [0.5, 0.6) is 0 Å². The molecule has 4 aromatic rings. The van der Waals surface area contributed by atoms with Crippen molar-refractivity contribution in [1.82, 2.24) is 19.5 Å². The van der Waals surface area contributed by atoms with Crippen molar-refractivity contribution in [2.45, 2.75) is 0 Å². The molecule has 6 heteroatoms. The van der Waals surface area contributed by atoms with Crippen LogP contribution in [0.3, 0.4) is 0 Å². The Morgan fingerprint density at radius 3 is 2.46 bits per heavy atom. The summed E-state index contributed by atoms with van der Waals surface area (Å²) in [7, 11) is 3.73. The molecule has 0 unspecified atom stereocenters. The Hall–Kier alpha value is -3.51. The van der Waals surface area contributed by atoms with E-state index in [-0.39, 0.29) is 5.91 Å². The SMILES string of the molecule is CN(C)CC(=O)Nc1ccc(-c2cnn3c(-c4ccccc4)ccnc23)cc1. The van der Waals surface area contributed by atoms with Gasteiger partial charge >= 0.3 is 0 Å². The molecular weight excluding hydrogens is 350 g/mol. The van der Waals surface area contributed by atoms with E-state index in [0.29, 0.717) is 6.54 Å². The van der Waals surface area contributed by atoms with Crippen molar-refractivity contribution < 1.29 is 4.79 Å². The predicted octanol–water partition coefficient (Wildman–Crippen LogP) is 3.56. The number of carbonyl (C=O) groups is 1. The molecule has 28 heavy (non-hydrogen) atoms. The van der Waals surface area contributed by atoms with E-state index in [4.69, 9.17) is 0 Å². The summed E-state index contributed by atoms with van der Waals surface area (Å²) in [6, 6.07) is 19.8. The van der Waals surface area contributed by atoms with Crippen molar-refractivity contribution in [2.24, 2.45) is 0 Å². The van der Waals surface area contributed by atoms with Crippen LogP contribution < -0.4 is 5.32 Å². The quantitative estimate of drug-likeness (QED) is 0.583. The average Bonchev–Trinajstić information content (AvgIpc) is 3.13. The third kappa shape index (κ3) is 3.63. The third-order valence-electron chi connectivity index (χ3n) is 4.41. The lowest BCUT2D eigenvalue weighted by molar-refractivity contribution is -0.116. The van der Waals surface area contributed by atoms with Gasteiger partial charge in [0.2, 0.25) is 5.91 Å². The van der Waals surface area contributed by atoms with Gasteiger partial charge in [0.1, 0.15) is 0 Å². The standard InChI is InChI=1S/C22H21N5O/c1-26(2)15-21(28)25-18-10-8-16(9-11-18)19-14-24-27-20(12-13-23-22(19)27)17-6-4-3-5-7-17/h3-14H,15H2,1-2H3,(H,25,28). The second kappa shape index (κ2) is 7.62. The number of likely N-dealkylation sites (N-methyl/N-ethyl adjacent to an activating group) is 1. The van der Waals surface area contributed by atoms with E-state index in [1.54, 1.807) is 6.20 Å². The minimum Gasteiger partial charge on any atom is -0.325 e. The largest absolute Gasteiger partial charge is 0.325 e. The van der Waals surface area contributed by atoms with E-state index in [9.17, 15) is 4.79 Å². The Kier molecular flexibility index (Phi) is 4.87. The van der Waals surface area contributed by atoms with Gasteiger partial charge in [-0.25, -0.2) is 9.50 Å². The van der Waals surface area contributed by atoms with Gasteiger partial charge in [0.05, 0.1) is 18.4 Å². The van der Waals surface area contributed by atoms with Crippen molar-refractivity contribution in [3.63, 3.8) is 0 Å². The molecule has 0 spiro atoms. The Morgan fingerprint density at radius 2 is 1.75 bits per heavy atom. The summed E-state index contributed by atoms with van der Waals surface area (Å²) in [5.41, 5.74) is 5.59. The summed E-state index contributed by atoms with van der Waals surface area (Å²) >= 11 is 0. The predicted molar refractivity (Wildman–Crippen MR) is 111 cm³/mol. The van der Waals surface area contributed by atoms with Gasteiger partial charge in [0.15, 0.2) is 5.65 Å². The first-order chi connectivity index (χ1) is 13.6. The first-order valence-corrected chi connectivity index (χ1v) is 9.05. The van der Waals surface area contributed by atoms with Crippen LogP contribution >= 0.6 is 0 Å². The van der Waals surface area contributed by atoms with Crippen molar-refractivity contribution in [3.05, 3.63) is 73.1 Å². The van der Waals surface area contributed by atoms with Crippen molar-refractivity contribution in [2.75, 3.05) is 26.0 Å². The van der Waals surface area contributed by atoms with Crippen LogP contribution in [-0.4, -0.2) is 46.0 Å². The number of carbonyl (C=O) groups excluding carboxylic acids is 1. The summed E-state index contributed by atoms with van der Waals surface area (Å²) in [5, 5.41) is 7.45. The summed E-state index contributed by atoms with van der Waals surface area (Å²) in [4.78, 5) is 18.3. The summed E-state index contributed by atoms with van der Waals surface area (Å²) < 4.78 is 1.86. The van der Waals surface area contributed by atoms with Crippen molar-refractivity contribution in [3.8, 4) is 22.4 Å².